The molecule has 0 radical (unpaired) electrons. The SMILES string of the molecule is COCCN(C)c1nc2cc(-n3cnc4cc(-c5ccc(Cl)cc5)sc4c3=O)ccc2n1C.CS(=O)(=O)O.CS(=O)(=O)O. The lowest BCUT2D eigenvalue weighted by molar-refractivity contribution is 0.206. The smallest absolute Gasteiger partial charge is 0.275 e. The molecule has 0 aliphatic carbocycles. The number of nitrogens with zero attached hydrogens (tertiary/aromatic N) is 5. The van der Waals surface area contributed by atoms with Crippen molar-refractivity contribution in [3.63, 3.8) is 0 Å². The second-order valence-electron chi connectivity index (χ2n) is 9.28. The molecule has 0 atom stereocenters. The van der Waals surface area contributed by atoms with E-state index in [9.17, 15) is 21.6 Å². The molecule has 17 heteroatoms. The number of likely N-dealkylation sites (N-methyl/N-ethyl adjacent to an activating group) is 1. The predicted octanol–water partition coefficient (Wildman–Crippen LogP) is 3.74. The van der Waals surface area contributed by atoms with Gasteiger partial charge in [-0.15, -0.1) is 11.3 Å². The molecule has 0 fully saturated rings. The number of aromatic nitrogens is 4. The number of fused-ring (bicyclic) bond motifs is 2. The van der Waals surface area contributed by atoms with Crippen molar-refractivity contribution in [2.75, 3.05) is 44.7 Å². The van der Waals surface area contributed by atoms with Crippen LogP contribution in [-0.4, -0.2) is 84.9 Å². The first-order chi connectivity index (χ1) is 20.0. The van der Waals surface area contributed by atoms with Gasteiger partial charge < -0.3 is 14.2 Å². The number of thiophene rings is 1. The van der Waals surface area contributed by atoms with Crippen LogP contribution in [0.5, 0.6) is 0 Å². The quantitative estimate of drug-likeness (QED) is 0.252. The summed E-state index contributed by atoms with van der Waals surface area (Å²) in [5.74, 6) is 0.839. The van der Waals surface area contributed by atoms with E-state index >= 15 is 0 Å². The maximum Gasteiger partial charge on any atom is 0.275 e. The minimum absolute atomic E-state index is 0.0991. The van der Waals surface area contributed by atoms with Gasteiger partial charge in [-0.1, -0.05) is 23.7 Å². The van der Waals surface area contributed by atoms with Crippen LogP contribution in [0.15, 0.2) is 59.7 Å². The Morgan fingerprint density at radius 3 is 2.19 bits per heavy atom. The molecule has 232 valence electrons. The first-order valence-electron chi connectivity index (χ1n) is 12.2. The summed E-state index contributed by atoms with van der Waals surface area (Å²) in [6.45, 7) is 1.35. The predicted molar refractivity (Wildman–Crippen MR) is 170 cm³/mol. The lowest BCUT2D eigenvalue weighted by atomic mass is 10.2. The standard InChI is InChI=1S/C24H22ClN5O2S.2CH4O3S/c1-28(10-11-32-3)24-27-18-12-17(8-9-20(18)29(24)2)30-14-26-19-13-21(33-22(19)23(30)31)15-4-6-16(25)7-5-15;2*1-5(2,3)4/h4-9,12-14H,10-11H2,1-3H3;2*1H3,(H,2,3,4). The minimum Gasteiger partial charge on any atom is -0.383 e. The first-order valence-corrected chi connectivity index (χ1v) is 17.1. The molecule has 43 heavy (non-hydrogen) atoms. The van der Waals surface area contributed by atoms with Gasteiger partial charge in [-0.2, -0.15) is 16.8 Å². The molecular weight excluding hydrogens is 642 g/mol. The Bertz CT molecular complexity index is 1960. The number of hydrogen-bond donors (Lipinski definition) is 2. The molecule has 0 unspecified atom stereocenters. The van der Waals surface area contributed by atoms with Gasteiger partial charge >= 0.3 is 0 Å². The average molecular weight is 672 g/mol. The molecule has 0 bridgehead atoms. The van der Waals surface area contributed by atoms with Crippen molar-refractivity contribution in [2.24, 2.45) is 7.05 Å². The Labute approximate surface area is 257 Å². The summed E-state index contributed by atoms with van der Waals surface area (Å²) in [5, 5.41) is 0.679. The summed E-state index contributed by atoms with van der Waals surface area (Å²) in [5.41, 5.74) is 4.13. The number of methoxy groups -OCH3 is 1. The van der Waals surface area contributed by atoms with Crippen LogP contribution in [0.2, 0.25) is 5.02 Å². The summed E-state index contributed by atoms with van der Waals surface area (Å²) in [6, 6.07) is 15.3. The maximum absolute atomic E-state index is 13.3. The lowest BCUT2D eigenvalue weighted by Crippen LogP contribution is -2.24. The first kappa shape index (κ1) is 34.1. The highest BCUT2D eigenvalue weighted by Gasteiger charge is 2.15. The van der Waals surface area contributed by atoms with Gasteiger partial charge in [-0.25, -0.2) is 9.97 Å². The maximum atomic E-state index is 13.3. The fourth-order valence-corrected chi connectivity index (χ4v) is 5.02. The van der Waals surface area contributed by atoms with Crippen LogP contribution >= 0.6 is 22.9 Å². The zero-order valence-electron chi connectivity index (χ0n) is 23.8. The molecule has 13 nitrogen and oxygen atoms in total. The zero-order chi connectivity index (χ0) is 32.1. The Morgan fingerprint density at radius 2 is 1.60 bits per heavy atom. The number of aryl methyl sites for hydroxylation is 1. The van der Waals surface area contributed by atoms with E-state index in [4.69, 9.17) is 30.4 Å². The molecule has 0 aliphatic rings. The van der Waals surface area contributed by atoms with Crippen molar-refractivity contribution in [1.82, 2.24) is 19.1 Å². The van der Waals surface area contributed by atoms with Crippen LogP contribution in [0.3, 0.4) is 0 Å². The van der Waals surface area contributed by atoms with Crippen molar-refractivity contribution in [3.05, 3.63) is 70.2 Å². The Morgan fingerprint density at radius 1 is 1.00 bits per heavy atom. The molecule has 3 aromatic heterocycles. The van der Waals surface area contributed by atoms with Crippen LogP contribution < -0.4 is 10.5 Å². The highest BCUT2D eigenvalue weighted by atomic mass is 35.5. The van der Waals surface area contributed by atoms with Gasteiger partial charge in [0, 0.05) is 37.6 Å². The van der Waals surface area contributed by atoms with E-state index in [1.807, 2.05) is 72.1 Å². The minimum atomic E-state index is -3.67. The second-order valence-corrected chi connectivity index (χ2v) is 13.7. The molecule has 3 heterocycles. The molecule has 0 saturated carbocycles. The Hall–Kier alpha value is -3.38. The van der Waals surface area contributed by atoms with Gasteiger partial charge in [-0.05, 0) is 42.0 Å². The monoisotopic (exact) mass is 671 g/mol. The second kappa shape index (κ2) is 13.9. The van der Waals surface area contributed by atoms with Gasteiger partial charge in [0.1, 0.15) is 11.0 Å². The van der Waals surface area contributed by atoms with Crippen molar-refractivity contribution in [1.29, 1.82) is 0 Å². The number of halogens is 1. The van der Waals surface area contributed by atoms with Gasteiger partial charge in [0.05, 0.1) is 41.4 Å². The largest absolute Gasteiger partial charge is 0.383 e. The van der Waals surface area contributed by atoms with Crippen molar-refractivity contribution in [2.45, 2.75) is 0 Å². The third-order valence-electron chi connectivity index (χ3n) is 5.66. The third-order valence-corrected chi connectivity index (χ3v) is 7.07. The van der Waals surface area contributed by atoms with Gasteiger partial charge in [0.15, 0.2) is 0 Å². The molecule has 0 saturated heterocycles. The Kier molecular flexibility index (Phi) is 11.1. The highest BCUT2D eigenvalue weighted by Crippen LogP contribution is 2.32. The Balaban J connectivity index is 0.000000440. The topological polar surface area (TPSA) is 174 Å². The van der Waals surface area contributed by atoms with Gasteiger partial charge in [0.25, 0.3) is 25.8 Å². The van der Waals surface area contributed by atoms with Crippen LogP contribution in [-0.2, 0) is 32.0 Å². The average Bonchev–Trinajstić information content (AvgIpc) is 3.48. The summed E-state index contributed by atoms with van der Waals surface area (Å²) in [6.07, 6.45) is 3.01. The van der Waals surface area contributed by atoms with Crippen molar-refractivity contribution in [3.8, 4) is 16.1 Å². The number of benzene rings is 2. The van der Waals surface area contributed by atoms with Crippen LogP contribution in [0.25, 0.3) is 37.4 Å². The van der Waals surface area contributed by atoms with E-state index in [1.54, 1.807) is 18.0 Å². The highest BCUT2D eigenvalue weighted by molar-refractivity contribution is 7.85. The third kappa shape index (κ3) is 9.82. The summed E-state index contributed by atoms with van der Waals surface area (Å²) >= 11 is 7.44. The molecule has 2 aromatic carbocycles. The molecule has 0 spiro atoms. The van der Waals surface area contributed by atoms with E-state index in [2.05, 4.69) is 4.98 Å². The number of ether oxygens (including phenoxy) is 1. The fraction of sp³-hybridized carbons (Fsp3) is 0.269. The number of anilines is 1. The summed E-state index contributed by atoms with van der Waals surface area (Å²) in [4.78, 5) is 25.7. The summed E-state index contributed by atoms with van der Waals surface area (Å²) in [7, 11) is -1.68. The zero-order valence-corrected chi connectivity index (χ0v) is 27.0. The van der Waals surface area contributed by atoms with Crippen molar-refractivity contribution < 1.29 is 30.7 Å². The van der Waals surface area contributed by atoms with Crippen LogP contribution in [0.1, 0.15) is 0 Å². The molecule has 5 rings (SSSR count). The number of imidazole rings is 1. The molecular formula is C26H30ClN5O8S3. The number of hydrogen-bond acceptors (Lipinski definition) is 10. The normalized spacial score (nSPS) is 11.5. The molecule has 2 N–H and O–H groups in total. The van der Waals surface area contributed by atoms with Gasteiger partial charge in [0.2, 0.25) is 5.95 Å². The van der Waals surface area contributed by atoms with E-state index in [0.717, 1.165) is 39.7 Å². The van der Waals surface area contributed by atoms with E-state index in [1.165, 1.54) is 11.3 Å². The van der Waals surface area contributed by atoms with E-state index < -0.39 is 20.2 Å². The lowest BCUT2D eigenvalue weighted by Gasteiger charge is -2.17. The van der Waals surface area contributed by atoms with Crippen LogP contribution in [0.4, 0.5) is 5.95 Å². The molecule has 0 aliphatic heterocycles. The molecule has 0 amide bonds. The summed E-state index contributed by atoms with van der Waals surface area (Å²) < 4.78 is 61.1. The van der Waals surface area contributed by atoms with Gasteiger partial charge in [-0.3, -0.25) is 18.5 Å². The van der Waals surface area contributed by atoms with E-state index in [0.29, 0.717) is 34.4 Å². The van der Waals surface area contributed by atoms with E-state index in [-0.39, 0.29) is 5.56 Å². The number of rotatable bonds is 6. The molecule has 5 aromatic rings. The van der Waals surface area contributed by atoms with Crippen LogP contribution in [0, 0.1) is 0 Å². The van der Waals surface area contributed by atoms with Crippen molar-refractivity contribution >= 4 is 70.4 Å². The fourth-order valence-electron chi connectivity index (χ4n) is 3.85.